The fourth-order valence-electron chi connectivity index (χ4n) is 5.49. The monoisotopic (exact) mass is 422 g/mol. The summed E-state index contributed by atoms with van der Waals surface area (Å²) in [6.07, 6.45) is 7.35. The van der Waals surface area contributed by atoms with Crippen molar-refractivity contribution in [2.75, 3.05) is 0 Å². The van der Waals surface area contributed by atoms with Crippen LogP contribution in [0.15, 0.2) is 54.6 Å². The molecule has 1 unspecified atom stereocenters. The lowest BCUT2D eigenvalue weighted by molar-refractivity contribution is 0.102. The number of carbonyl (C=O) groups excluding carboxylic acids is 2. The number of carbonyl (C=O) groups is 2. The third kappa shape index (κ3) is 3.52. The zero-order valence-corrected chi connectivity index (χ0v) is 19.0. The molecule has 2 nitrogen and oxygen atoms in total. The van der Waals surface area contributed by atoms with E-state index in [9.17, 15) is 9.59 Å². The summed E-state index contributed by atoms with van der Waals surface area (Å²) in [5.41, 5.74) is 8.70. The zero-order chi connectivity index (χ0) is 22.2. The Bertz CT molecular complexity index is 1220. The molecule has 3 aromatic rings. The van der Waals surface area contributed by atoms with E-state index in [1.807, 2.05) is 48.5 Å². The fourth-order valence-corrected chi connectivity index (χ4v) is 5.49. The van der Waals surface area contributed by atoms with Gasteiger partial charge in [0.2, 0.25) is 0 Å². The van der Waals surface area contributed by atoms with E-state index < -0.39 is 0 Å². The predicted molar refractivity (Wildman–Crippen MR) is 129 cm³/mol. The molecule has 0 N–H and O–H groups in total. The first-order valence-corrected chi connectivity index (χ1v) is 12.0. The average Bonchev–Trinajstić information content (AvgIpc) is 2.82. The van der Waals surface area contributed by atoms with Crippen LogP contribution >= 0.6 is 0 Å². The van der Waals surface area contributed by atoms with E-state index >= 15 is 0 Å². The molecule has 0 aliphatic heterocycles. The van der Waals surface area contributed by atoms with Gasteiger partial charge < -0.3 is 0 Å². The summed E-state index contributed by atoms with van der Waals surface area (Å²) in [6.45, 7) is 4.51. The summed E-state index contributed by atoms with van der Waals surface area (Å²) in [4.78, 5) is 26.7. The van der Waals surface area contributed by atoms with Crippen LogP contribution in [0.5, 0.6) is 0 Å². The third-order valence-corrected chi connectivity index (χ3v) is 7.40. The van der Waals surface area contributed by atoms with Crippen molar-refractivity contribution in [2.24, 2.45) is 5.92 Å². The van der Waals surface area contributed by atoms with E-state index in [-0.39, 0.29) is 11.6 Å². The molecule has 0 saturated carbocycles. The second-order valence-corrected chi connectivity index (χ2v) is 9.40. The standard InChI is InChI=1S/C30H30O2/c1-3-5-9-19(4-2)14-20-11-8-13-25-26(20)16-23-18-27-22(17-28(23)30(25)32)15-21-10-6-7-12-24(21)29(27)31/h6-8,10-13,17-19H,3-5,9,14-16H2,1-2H3. The highest BCUT2D eigenvalue weighted by molar-refractivity contribution is 6.16. The summed E-state index contributed by atoms with van der Waals surface area (Å²) >= 11 is 0. The van der Waals surface area contributed by atoms with Gasteiger partial charge in [-0.15, -0.1) is 0 Å². The topological polar surface area (TPSA) is 34.1 Å². The third-order valence-electron chi connectivity index (χ3n) is 7.40. The van der Waals surface area contributed by atoms with E-state index in [0.29, 0.717) is 12.3 Å². The molecule has 0 heterocycles. The maximum atomic E-state index is 13.5. The van der Waals surface area contributed by atoms with Crippen LogP contribution in [0.3, 0.4) is 0 Å². The summed E-state index contributed by atoms with van der Waals surface area (Å²) in [7, 11) is 0. The molecule has 0 fully saturated rings. The molecule has 5 rings (SSSR count). The second kappa shape index (κ2) is 8.50. The number of hydrogen-bond donors (Lipinski definition) is 0. The Kier molecular flexibility index (Phi) is 5.55. The SMILES string of the molecule is CCCCC(CC)Cc1cccc2c1Cc1cc3c(cc1C2=O)Cc1ccccc1C3=O. The van der Waals surface area contributed by atoms with Gasteiger partial charge in [-0.3, -0.25) is 9.59 Å². The minimum absolute atomic E-state index is 0.0850. The Hall–Kier alpha value is -3.00. The van der Waals surface area contributed by atoms with Gasteiger partial charge in [0.15, 0.2) is 11.6 Å². The Balaban J connectivity index is 1.52. The molecular weight excluding hydrogens is 392 g/mol. The largest absolute Gasteiger partial charge is 0.289 e. The maximum Gasteiger partial charge on any atom is 0.193 e. The van der Waals surface area contributed by atoms with Crippen molar-refractivity contribution in [3.63, 3.8) is 0 Å². The van der Waals surface area contributed by atoms with Crippen molar-refractivity contribution in [3.8, 4) is 0 Å². The summed E-state index contributed by atoms with van der Waals surface area (Å²) < 4.78 is 0. The van der Waals surface area contributed by atoms with Crippen LogP contribution in [0, 0.1) is 5.92 Å². The summed E-state index contributed by atoms with van der Waals surface area (Å²) in [5.74, 6) is 0.847. The lowest BCUT2D eigenvalue weighted by Gasteiger charge is -2.26. The number of hydrogen-bond acceptors (Lipinski definition) is 2. The van der Waals surface area contributed by atoms with E-state index in [0.717, 1.165) is 58.2 Å². The minimum atomic E-state index is 0.0850. The Morgan fingerprint density at radius 2 is 1.44 bits per heavy atom. The van der Waals surface area contributed by atoms with Crippen molar-refractivity contribution in [1.29, 1.82) is 0 Å². The quantitative estimate of drug-likeness (QED) is 0.304. The molecule has 3 aromatic carbocycles. The summed E-state index contributed by atoms with van der Waals surface area (Å²) in [5, 5.41) is 0. The normalized spacial score (nSPS) is 14.9. The lowest BCUT2D eigenvalue weighted by atomic mass is 9.76. The molecule has 32 heavy (non-hydrogen) atoms. The number of unbranched alkanes of at least 4 members (excludes halogenated alkanes) is 1. The van der Waals surface area contributed by atoms with Gasteiger partial charge in [-0.05, 0) is 65.1 Å². The molecule has 0 aromatic heterocycles. The van der Waals surface area contributed by atoms with E-state index in [4.69, 9.17) is 0 Å². The van der Waals surface area contributed by atoms with Crippen molar-refractivity contribution in [1.82, 2.24) is 0 Å². The summed E-state index contributed by atoms with van der Waals surface area (Å²) in [6, 6.07) is 18.1. The lowest BCUT2D eigenvalue weighted by Crippen LogP contribution is -2.22. The zero-order valence-electron chi connectivity index (χ0n) is 19.0. The van der Waals surface area contributed by atoms with Crippen LogP contribution in [-0.4, -0.2) is 11.6 Å². The molecule has 0 radical (unpaired) electrons. The van der Waals surface area contributed by atoms with Crippen LogP contribution in [0.4, 0.5) is 0 Å². The smallest absolute Gasteiger partial charge is 0.193 e. The second-order valence-electron chi connectivity index (χ2n) is 9.40. The van der Waals surface area contributed by atoms with E-state index in [2.05, 4.69) is 19.9 Å². The van der Waals surface area contributed by atoms with Gasteiger partial charge in [0.25, 0.3) is 0 Å². The molecule has 1 atom stereocenters. The van der Waals surface area contributed by atoms with Gasteiger partial charge in [0.05, 0.1) is 0 Å². The first-order chi connectivity index (χ1) is 15.6. The van der Waals surface area contributed by atoms with E-state index in [1.54, 1.807) is 0 Å². The molecule has 0 amide bonds. The fraction of sp³-hybridized carbons (Fsp3) is 0.333. The van der Waals surface area contributed by atoms with Gasteiger partial charge in [-0.25, -0.2) is 0 Å². The van der Waals surface area contributed by atoms with Gasteiger partial charge in [-0.2, -0.15) is 0 Å². The molecule has 0 saturated heterocycles. The van der Waals surface area contributed by atoms with Crippen LogP contribution in [-0.2, 0) is 19.3 Å². The van der Waals surface area contributed by atoms with Crippen LogP contribution < -0.4 is 0 Å². The first-order valence-electron chi connectivity index (χ1n) is 12.0. The van der Waals surface area contributed by atoms with Crippen molar-refractivity contribution in [2.45, 2.75) is 58.8 Å². The minimum Gasteiger partial charge on any atom is -0.289 e. The molecule has 0 bridgehead atoms. The highest BCUT2D eigenvalue weighted by Gasteiger charge is 2.30. The molecule has 162 valence electrons. The van der Waals surface area contributed by atoms with Crippen LogP contribution in [0.2, 0.25) is 0 Å². The number of rotatable bonds is 6. The van der Waals surface area contributed by atoms with Gasteiger partial charge in [-0.1, -0.05) is 82.0 Å². The number of fused-ring (bicyclic) bond motifs is 4. The van der Waals surface area contributed by atoms with Gasteiger partial charge >= 0.3 is 0 Å². The van der Waals surface area contributed by atoms with Crippen molar-refractivity contribution in [3.05, 3.63) is 105 Å². The number of benzene rings is 3. The highest BCUT2D eigenvalue weighted by Crippen LogP contribution is 2.36. The Morgan fingerprint density at radius 1 is 0.750 bits per heavy atom. The Morgan fingerprint density at radius 3 is 2.19 bits per heavy atom. The van der Waals surface area contributed by atoms with Gasteiger partial charge in [0.1, 0.15) is 0 Å². The molecular formula is C30H30O2. The predicted octanol–water partition coefficient (Wildman–Crippen LogP) is 6.72. The first kappa shape index (κ1) is 20.9. The molecule has 0 spiro atoms. The molecule has 2 aliphatic rings. The van der Waals surface area contributed by atoms with Crippen LogP contribution in [0.25, 0.3) is 0 Å². The van der Waals surface area contributed by atoms with Crippen molar-refractivity contribution >= 4 is 11.6 Å². The number of ketones is 2. The van der Waals surface area contributed by atoms with E-state index in [1.165, 1.54) is 30.4 Å². The van der Waals surface area contributed by atoms with Gasteiger partial charge in [0, 0.05) is 22.3 Å². The maximum absolute atomic E-state index is 13.5. The Labute approximate surface area is 190 Å². The van der Waals surface area contributed by atoms with Crippen LogP contribution in [0.1, 0.15) is 99.2 Å². The molecule has 2 heteroatoms. The van der Waals surface area contributed by atoms with Crippen molar-refractivity contribution < 1.29 is 9.59 Å². The molecule has 2 aliphatic carbocycles. The highest BCUT2D eigenvalue weighted by atomic mass is 16.1. The average molecular weight is 423 g/mol.